The fourth-order valence-electron chi connectivity index (χ4n) is 2.92. The van der Waals surface area contributed by atoms with Gasteiger partial charge in [-0.05, 0) is 19.1 Å². The summed E-state index contributed by atoms with van der Waals surface area (Å²) in [7, 11) is 0. The quantitative estimate of drug-likeness (QED) is 0.698. The molecule has 4 heterocycles. The molecule has 3 aromatic rings. The van der Waals surface area contributed by atoms with Crippen LogP contribution in [0, 0.1) is 6.92 Å². The lowest BCUT2D eigenvalue weighted by atomic mass is 10.1. The van der Waals surface area contributed by atoms with Crippen LogP contribution in [0.3, 0.4) is 0 Å². The lowest BCUT2D eigenvalue weighted by Crippen LogP contribution is -2.37. The van der Waals surface area contributed by atoms with E-state index in [9.17, 15) is 4.79 Å². The van der Waals surface area contributed by atoms with Gasteiger partial charge in [0.15, 0.2) is 0 Å². The van der Waals surface area contributed by atoms with E-state index < -0.39 is 6.09 Å². The van der Waals surface area contributed by atoms with Crippen LogP contribution >= 0.6 is 11.3 Å². The molecular formula is C17H18N6O3S. The second kappa shape index (κ2) is 6.97. The maximum absolute atomic E-state index is 11.2. The summed E-state index contributed by atoms with van der Waals surface area (Å²) in [6, 6.07) is 5.68. The van der Waals surface area contributed by atoms with Gasteiger partial charge >= 0.3 is 6.09 Å². The molecule has 9 nitrogen and oxygen atoms in total. The highest BCUT2D eigenvalue weighted by Crippen LogP contribution is 2.43. The first-order chi connectivity index (χ1) is 13.0. The zero-order valence-electron chi connectivity index (χ0n) is 14.6. The van der Waals surface area contributed by atoms with Gasteiger partial charge in [-0.2, -0.15) is 0 Å². The smallest absolute Gasteiger partial charge is 0.397 e. The number of aryl methyl sites for hydroxylation is 1. The molecule has 1 fully saturated rings. The number of nitrogens with two attached hydrogens (primary N) is 2. The molecular weight excluding hydrogens is 368 g/mol. The molecule has 27 heavy (non-hydrogen) atoms. The monoisotopic (exact) mass is 386 g/mol. The van der Waals surface area contributed by atoms with Gasteiger partial charge in [0, 0.05) is 18.8 Å². The first-order valence-corrected chi connectivity index (χ1v) is 9.18. The second-order valence-electron chi connectivity index (χ2n) is 6.04. The topological polar surface area (TPSA) is 129 Å². The molecule has 0 radical (unpaired) electrons. The number of ether oxygens (including phenoxy) is 2. The lowest BCUT2D eigenvalue weighted by Gasteiger charge is -2.27. The molecule has 0 atom stereocenters. The van der Waals surface area contributed by atoms with Gasteiger partial charge in [-0.3, -0.25) is 4.98 Å². The third-order valence-electron chi connectivity index (χ3n) is 4.16. The Labute approximate surface area is 158 Å². The first-order valence-electron chi connectivity index (χ1n) is 8.37. The van der Waals surface area contributed by atoms with Gasteiger partial charge in [0.1, 0.15) is 10.5 Å². The molecule has 0 saturated carbocycles. The minimum Gasteiger partial charge on any atom is -0.397 e. The fourth-order valence-corrected chi connectivity index (χ4v) is 3.87. The highest BCUT2D eigenvalue weighted by atomic mass is 32.1. The molecule has 140 valence electrons. The number of nitrogen functional groups attached to an aromatic ring is 1. The number of anilines is 2. The Balaban J connectivity index is 1.93. The second-order valence-corrected chi connectivity index (χ2v) is 7.00. The first kappa shape index (κ1) is 17.4. The number of carbonyl (C=O) groups excluding carboxylic acids is 1. The van der Waals surface area contributed by atoms with Crippen LogP contribution in [0.1, 0.15) is 5.69 Å². The minimum atomic E-state index is -0.926. The van der Waals surface area contributed by atoms with Crippen LogP contribution in [0.5, 0.6) is 5.06 Å². The van der Waals surface area contributed by atoms with Crippen LogP contribution in [0.25, 0.3) is 21.6 Å². The van der Waals surface area contributed by atoms with Crippen LogP contribution in [0.4, 0.5) is 16.4 Å². The molecule has 0 aromatic carbocycles. The SMILES string of the molecule is Cc1cccc(-c2nc(N3CCOCC3)nc3sc(OC(N)=O)c(N)c23)n1. The molecule has 1 aliphatic rings. The largest absolute Gasteiger partial charge is 0.410 e. The van der Waals surface area contributed by atoms with E-state index in [4.69, 9.17) is 25.9 Å². The Morgan fingerprint density at radius 3 is 2.74 bits per heavy atom. The van der Waals surface area contributed by atoms with E-state index in [1.807, 2.05) is 30.0 Å². The Bertz CT molecular complexity index is 1020. The highest BCUT2D eigenvalue weighted by Gasteiger charge is 2.23. The van der Waals surface area contributed by atoms with E-state index in [2.05, 4.69) is 9.97 Å². The van der Waals surface area contributed by atoms with Crippen molar-refractivity contribution in [1.29, 1.82) is 0 Å². The number of rotatable bonds is 3. The number of hydrogen-bond donors (Lipinski definition) is 2. The van der Waals surface area contributed by atoms with Crippen molar-refractivity contribution in [2.75, 3.05) is 36.9 Å². The summed E-state index contributed by atoms with van der Waals surface area (Å²) < 4.78 is 10.4. The molecule has 3 aromatic heterocycles. The maximum Gasteiger partial charge on any atom is 0.410 e. The van der Waals surface area contributed by atoms with Crippen molar-refractivity contribution in [1.82, 2.24) is 15.0 Å². The van der Waals surface area contributed by atoms with Gasteiger partial charge in [0.25, 0.3) is 0 Å². The predicted octanol–water partition coefficient (Wildman–Crippen LogP) is 1.94. The van der Waals surface area contributed by atoms with Crippen molar-refractivity contribution in [3.63, 3.8) is 0 Å². The molecule has 1 aliphatic heterocycles. The molecule has 4 rings (SSSR count). The Hall–Kier alpha value is -2.98. The van der Waals surface area contributed by atoms with Crippen LogP contribution in [0.2, 0.25) is 0 Å². The summed E-state index contributed by atoms with van der Waals surface area (Å²) in [5, 5.41) is 0.811. The molecule has 1 amide bonds. The van der Waals surface area contributed by atoms with E-state index in [0.29, 0.717) is 53.9 Å². The fraction of sp³-hybridized carbons (Fsp3) is 0.294. The van der Waals surface area contributed by atoms with Crippen molar-refractivity contribution in [2.24, 2.45) is 5.73 Å². The predicted molar refractivity (Wildman–Crippen MR) is 103 cm³/mol. The summed E-state index contributed by atoms with van der Waals surface area (Å²) in [5.74, 6) is 0.566. The van der Waals surface area contributed by atoms with Crippen molar-refractivity contribution in [2.45, 2.75) is 6.92 Å². The van der Waals surface area contributed by atoms with Crippen LogP contribution in [-0.2, 0) is 4.74 Å². The van der Waals surface area contributed by atoms with Gasteiger partial charge in [-0.1, -0.05) is 17.4 Å². The van der Waals surface area contributed by atoms with Crippen LogP contribution < -0.4 is 21.1 Å². The van der Waals surface area contributed by atoms with E-state index in [0.717, 1.165) is 17.0 Å². The molecule has 1 saturated heterocycles. The third kappa shape index (κ3) is 3.36. The van der Waals surface area contributed by atoms with Crippen molar-refractivity contribution < 1.29 is 14.3 Å². The zero-order valence-corrected chi connectivity index (χ0v) is 15.5. The number of pyridine rings is 1. The summed E-state index contributed by atoms with van der Waals surface area (Å²) in [6.07, 6.45) is -0.926. The number of thiophene rings is 1. The summed E-state index contributed by atoms with van der Waals surface area (Å²) in [6.45, 7) is 4.52. The van der Waals surface area contributed by atoms with Gasteiger partial charge in [-0.15, -0.1) is 0 Å². The molecule has 0 aliphatic carbocycles. The highest BCUT2D eigenvalue weighted by molar-refractivity contribution is 7.21. The Morgan fingerprint density at radius 2 is 2.04 bits per heavy atom. The van der Waals surface area contributed by atoms with Crippen molar-refractivity contribution >= 4 is 39.3 Å². The summed E-state index contributed by atoms with van der Waals surface area (Å²) in [5.41, 5.74) is 13.8. The summed E-state index contributed by atoms with van der Waals surface area (Å²) >= 11 is 1.16. The lowest BCUT2D eigenvalue weighted by molar-refractivity contribution is 0.122. The van der Waals surface area contributed by atoms with Gasteiger partial charge in [-0.25, -0.2) is 14.8 Å². The van der Waals surface area contributed by atoms with Crippen LogP contribution in [-0.4, -0.2) is 47.3 Å². The average molecular weight is 386 g/mol. The summed E-state index contributed by atoms with van der Waals surface area (Å²) in [4.78, 5) is 27.8. The number of fused-ring (bicyclic) bond motifs is 1. The van der Waals surface area contributed by atoms with E-state index in [1.54, 1.807) is 0 Å². The molecule has 0 unspecified atom stereocenters. The molecule has 4 N–H and O–H groups in total. The Kier molecular flexibility index (Phi) is 4.50. The van der Waals surface area contributed by atoms with Crippen LogP contribution in [0.15, 0.2) is 18.2 Å². The maximum atomic E-state index is 11.2. The van der Waals surface area contributed by atoms with Gasteiger partial charge < -0.3 is 25.8 Å². The molecule has 0 bridgehead atoms. The Morgan fingerprint density at radius 1 is 1.26 bits per heavy atom. The average Bonchev–Trinajstić information content (AvgIpc) is 2.97. The van der Waals surface area contributed by atoms with Gasteiger partial charge in [0.2, 0.25) is 11.0 Å². The normalized spacial score (nSPS) is 14.5. The number of morpholine rings is 1. The number of amides is 1. The number of nitrogens with zero attached hydrogens (tertiary/aromatic N) is 4. The molecule has 10 heteroatoms. The zero-order chi connectivity index (χ0) is 19.0. The van der Waals surface area contributed by atoms with Crippen molar-refractivity contribution in [3.05, 3.63) is 23.9 Å². The molecule has 0 spiro atoms. The van der Waals surface area contributed by atoms with Gasteiger partial charge in [0.05, 0.1) is 30.0 Å². The van der Waals surface area contributed by atoms with E-state index in [-0.39, 0.29) is 10.8 Å². The number of aromatic nitrogens is 3. The number of primary amides is 1. The number of carbonyl (C=O) groups is 1. The number of hydrogen-bond acceptors (Lipinski definition) is 9. The van der Waals surface area contributed by atoms with E-state index >= 15 is 0 Å². The standard InChI is InChI=1S/C17H18N6O3S/c1-9-3-2-4-10(20-9)13-11-12(18)15(26-16(19)24)27-14(11)22-17(21-13)23-5-7-25-8-6-23/h2-4H,5-8,18H2,1H3,(H2,19,24). The van der Waals surface area contributed by atoms with Crippen molar-refractivity contribution in [3.8, 4) is 16.5 Å². The van der Waals surface area contributed by atoms with E-state index in [1.165, 1.54) is 0 Å². The minimum absolute atomic E-state index is 0.208. The third-order valence-corrected chi connectivity index (χ3v) is 5.14.